The number of carbonyl (C=O) groups is 1. The fourth-order valence-corrected chi connectivity index (χ4v) is 5.53. The molecule has 0 bridgehead atoms. The van der Waals surface area contributed by atoms with E-state index in [1.807, 2.05) is 6.07 Å². The summed E-state index contributed by atoms with van der Waals surface area (Å²) in [5, 5.41) is 18.4. The summed E-state index contributed by atoms with van der Waals surface area (Å²) >= 11 is 0. The molecule has 2 fully saturated rings. The van der Waals surface area contributed by atoms with Gasteiger partial charge in [-0.3, -0.25) is 0 Å². The van der Waals surface area contributed by atoms with Crippen molar-refractivity contribution >= 4 is 17.0 Å². The van der Waals surface area contributed by atoms with Gasteiger partial charge in [-0.25, -0.2) is 19.2 Å². The maximum Gasteiger partial charge on any atom is 0.335 e. The predicted molar refractivity (Wildman–Crippen MR) is 149 cm³/mol. The van der Waals surface area contributed by atoms with Crippen molar-refractivity contribution in [1.82, 2.24) is 19.5 Å². The highest BCUT2D eigenvalue weighted by atomic mass is 19.1. The first-order valence-corrected chi connectivity index (χ1v) is 14.1. The Kier molecular flexibility index (Phi) is 7.97. The van der Waals surface area contributed by atoms with E-state index >= 15 is 0 Å². The molecule has 2 aromatic carbocycles. The molecule has 2 aliphatic rings. The maximum absolute atomic E-state index is 14.1. The number of hydrogen-bond donors (Lipinski definition) is 1. The molecule has 4 aromatic rings. The van der Waals surface area contributed by atoms with Crippen LogP contribution in [0.5, 0.6) is 11.6 Å². The number of imidazole rings is 1. The van der Waals surface area contributed by atoms with E-state index in [1.54, 1.807) is 30.5 Å². The molecule has 0 radical (unpaired) electrons. The normalized spacial score (nSPS) is 20.0. The van der Waals surface area contributed by atoms with Gasteiger partial charge in [-0.1, -0.05) is 0 Å². The van der Waals surface area contributed by atoms with Crippen LogP contribution in [0.3, 0.4) is 0 Å². The van der Waals surface area contributed by atoms with Crippen LogP contribution >= 0.6 is 0 Å². The number of nitriles is 1. The Bertz CT molecular complexity index is 1640. The predicted octanol–water partition coefficient (Wildman–Crippen LogP) is 5.08. The SMILES string of the molecule is N#Cc1ccc(OCc2nccc(OC3CCC(Cc4nc5ccc(C(=O)O)cc5n4CC4CCO4)CC3)n2)c(F)c1. The van der Waals surface area contributed by atoms with Gasteiger partial charge in [0.1, 0.15) is 18.5 Å². The number of hydrogen-bond acceptors (Lipinski definition) is 8. The van der Waals surface area contributed by atoms with Gasteiger partial charge in [0.25, 0.3) is 0 Å². The van der Waals surface area contributed by atoms with Crippen LogP contribution in [-0.4, -0.2) is 49.4 Å². The van der Waals surface area contributed by atoms with Gasteiger partial charge in [0.05, 0.1) is 40.9 Å². The van der Waals surface area contributed by atoms with Crippen molar-refractivity contribution in [2.24, 2.45) is 5.92 Å². The van der Waals surface area contributed by atoms with Crippen molar-refractivity contribution in [3.8, 4) is 17.7 Å². The Morgan fingerprint density at radius 3 is 2.67 bits per heavy atom. The Morgan fingerprint density at radius 1 is 1.12 bits per heavy atom. The highest BCUT2D eigenvalue weighted by Crippen LogP contribution is 2.31. The molecule has 3 heterocycles. The lowest BCUT2D eigenvalue weighted by atomic mass is 9.85. The number of rotatable bonds is 10. The Labute approximate surface area is 241 Å². The lowest BCUT2D eigenvalue weighted by Crippen LogP contribution is -2.32. The number of aromatic nitrogens is 4. The number of aromatic carboxylic acids is 1. The fourth-order valence-electron chi connectivity index (χ4n) is 5.53. The number of carboxylic acid groups (broad SMARTS) is 1. The zero-order valence-electron chi connectivity index (χ0n) is 22.9. The van der Waals surface area contributed by atoms with Gasteiger partial charge in [-0.2, -0.15) is 10.2 Å². The molecular weight excluding hydrogens is 541 g/mol. The second kappa shape index (κ2) is 12.1. The van der Waals surface area contributed by atoms with Crippen LogP contribution in [0.4, 0.5) is 4.39 Å². The monoisotopic (exact) mass is 571 g/mol. The number of fused-ring (bicyclic) bond motifs is 1. The van der Waals surface area contributed by atoms with Crippen LogP contribution < -0.4 is 9.47 Å². The second-order valence-electron chi connectivity index (χ2n) is 10.8. The van der Waals surface area contributed by atoms with Crippen molar-refractivity contribution < 1.29 is 28.5 Å². The van der Waals surface area contributed by atoms with E-state index in [1.165, 1.54) is 12.1 Å². The summed E-state index contributed by atoms with van der Waals surface area (Å²) in [6.07, 6.45) is 7.19. The average Bonchev–Trinajstić information content (AvgIpc) is 3.31. The smallest absolute Gasteiger partial charge is 0.335 e. The second-order valence-corrected chi connectivity index (χ2v) is 10.8. The van der Waals surface area contributed by atoms with Gasteiger partial charge < -0.3 is 23.9 Å². The van der Waals surface area contributed by atoms with Gasteiger partial charge in [0, 0.05) is 25.3 Å². The van der Waals surface area contributed by atoms with Crippen LogP contribution in [0, 0.1) is 23.1 Å². The van der Waals surface area contributed by atoms with Gasteiger partial charge in [-0.05, 0) is 74.4 Å². The van der Waals surface area contributed by atoms with E-state index in [9.17, 15) is 14.3 Å². The summed E-state index contributed by atoms with van der Waals surface area (Å²) in [5.74, 6) is 0.667. The molecule has 2 aromatic heterocycles. The average molecular weight is 572 g/mol. The molecule has 0 amide bonds. The minimum absolute atomic E-state index is 0.0150. The topological polar surface area (TPSA) is 132 Å². The first kappa shape index (κ1) is 27.6. The van der Waals surface area contributed by atoms with Crippen molar-refractivity contribution in [1.29, 1.82) is 5.26 Å². The van der Waals surface area contributed by atoms with Crippen molar-refractivity contribution in [2.45, 2.75) is 63.9 Å². The zero-order valence-corrected chi connectivity index (χ0v) is 22.9. The molecule has 1 aliphatic carbocycles. The number of carboxylic acids is 1. The summed E-state index contributed by atoms with van der Waals surface area (Å²) in [7, 11) is 0. The summed E-state index contributed by atoms with van der Waals surface area (Å²) in [6.45, 7) is 1.39. The van der Waals surface area contributed by atoms with Crippen LogP contribution in [0.15, 0.2) is 48.7 Å². The van der Waals surface area contributed by atoms with Crippen LogP contribution in [0.25, 0.3) is 11.0 Å². The zero-order chi connectivity index (χ0) is 29.1. The van der Waals surface area contributed by atoms with E-state index < -0.39 is 11.8 Å². The van der Waals surface area contributed by atoms with Gasteiger partial charge in [-0.15, -0.1) is 0 Å². The molecule has 6 rings (SSSR count). The highest BCUT2D eigenvalue weighted by molar-refractivity contribution is 5.92. The highest BCUT2D eigenvalue weighted by Gasteiger charge is 2.27. The standard InChI is InChI=1S/C31H30FN5O5/c32-24-13-20(16-33)3-8-27(24)41-18-28-34-11-9-30(36-28)42-22-5-1-19(2-6-22)14-29-35-25-7-4-21(31(38)39)15-26(25)37(29)17-23-10-12-40-23/h3-4,7-9,11,13,15,19,22-23H,1-2,5-6,10,12,14,17-18H2,(H,38,39). The summed E-state index contributed by atoms with van der Waals surface area (Å²) < 4.78 is 33.6. The van der Waals surface area contributed by atoms with Gasteiger partial charge >= 0.3 is 5.97 Å². The molecule has 11 heteroatoms. The third-order valence-electron chi connectivity index (χ3n) is 7.90. The summed E-state index contributed by atoms with van der Waals surface area (Å²) in [5.41, 5.74) is 2.11. The van der Waals surface area contributed by atoms with Crippen molar-refractivity contribution in [3.05, 3.63) is 77.3 Å². The Morgan fingerprint density at radius 2 is 1.95 bits per heavy atom. The number of benzene rings is 2. The molecular formula is C31H30FN5O5. The first-order valence-electron chi connectivity index (χ1n) is 14.1. The number of halogens is 1. The molecule has 216 valence electrons. The van der Waals surface area contributed by atoms with E-state index in [4.69, 9.17) is 24.5 Å². The van der Waals surface area contributed by atoms with E-state index in [2.05, 4.69) is 14.5 Å². The molecule has 42 heavy (non-hydrogen) atoms. The molecule has 0 spiro atoms. The van der Waals surface area contributed by atoms with Crippen LogP contribution in [0.1, 0.15) is 59.7 Å². The third-order valence-corrected chi connectivity index (χ3v) is 7.90. The van der Waals surface area contributed by atoms with Crippen molar-refractivity contribution in [2.75, 3.05) is 6.61 Å². The van der Waals surface area contributed by atoms with E-state index in [0.29, 0.717) is 24.2 Å². The number of nitrogens with zero attached hydrogens (tertiary/aromatic N) is 5. The lowest BCUT2D eigenvalue weighted by Gasteiger charge is -2.30. The van der Waals surface area contributed by atoms with Gasteiger partial charge in [0.15, 0.2) is 17.4 Å². The lowest BCUT2D eigenvalue weighted by molar-refractivity contribution is -0.0590. The van der Waals surface area contributed by atoms with E-state index in [0.717, 1.165) is 68.1 Å². The van der Waals surface area contributed by atoms with Crippen LogP contribution in [0.2, 0.25) is 0 Å². The fraction of sp³-hybridized carbons (Fsp3) is 0.387. The molecule has 1 saturated heterocycles. The Balaban J connectivity index is 1.06. The van der Waals surface area contributed by atoms with E-state index in [-0.39, 0.29) is 35.7 Å². The maximum atomic E-state index is 14.1. The third kappa shape index (κ3) is 6.19. The minimum atomic E-state index is -0.951. The molecule has 1 N–H and O–H groups in total. The molecule has 1 unspecified atom stereocenters. The minimum Gasteiger partial charge on any atom is -0.483 e. The van der Waals surface area contributed by atoms with Crippen molar-refractivity contribution in [3.63, 3.8) is 0 Å². The number of ether oxygens (including phenoxy) is 3. The molecule has 1 aliphatic heterocycles. The first-order chi connectivity index (χ1) is 20.4. The molecule has 1 atom stereocenters. The molecule has 10 nitrogen and oxygen atoms in total. The molecule has 1 saturated carbocycles. The summed E-state index contributed by atoms with van der Waals surface area (Å²) in [4.78, 5) is 25.1. The van der Waals surface area contributed by atoms with Crippen LogP contribution in [-0.2, 0) is 24.3 Å². The summed E-state index contributed by atoms with van der Waals surface area (Å²) in [6, 6.07) is 12.7. The largest absolute Gasteiger partial charge is 0.483 e. The van der Waals surface area contributed by atoms with Gasteiger partial charge in [0.2, 0.25) is 5.88 Å². The Hall–Kier alpha value is -4.56. The quantitative estimate of drug-likeness (QED) is 0.277.